The molecule has 32 heavy (non-hydrogen) atoms. The zero-order chi connectivity index (χ0) is 22.8. The largest absolute Gasteiger partial charge is 0.469 e. The average molecular weight is 449 g/mol. The third-order valence-electron chi connectivity index (χ3n) is 6.06. The first kappa shape index (κ1) is 22.0. The number of ether oxygens (including phenoxy) is 1. The summed E-state index contributed by atoms with van der Waals surface area (Å²) in [4.78, 5) is 18.6. The number of aryl methyl sites for hydroxylation is 2. The number of hydrogen-bond donors (Lipinski definition) is 1. The summed E-state index contributed by atoms with van der Waals surface area (Å²) in [5.41, 5.74) is 6.72. The zero-order valence-corrected chi connectivity index (χ0v) is 19.6. The smallest absolute Gasteiger partial charge is 0.307 e. The molecule has 2 aromatic heterocycles. The lowest BCUT2D eigenvalue weighted by molar-refractivity contribution is -0.140. The second kappa shape index (κ2) is 9.12. The van der Waals surface area contributed by atoms with Crippen molar-refractivity contribution in [3.8, 4) is 5.69 Å². The van der Waals surface area contributed by atoms with Crippen molar-refractivity contribution in [1.82, 2.24) is 19.8 Å². The molecular formula is C25H28N4O2S. The van der Waals surface area contributed by atoms with E-state index in [1.54, 1.807) is 6.20 Å². The van der Waals surface area contributed by atoms with Gasteiger partial charge in [-0.2, -0.15) is 0 Å². The number of esters is 1. The van der Waals surface area contributed by atoms with E-state index in [2.05, 4.69) is 70.9 Å². The number of rotatable bonds is 6. The molecule has 2 atom stereocenters. The van der Waals surface area contributed by atoms with Crippen LogP contribution in [-0.2, 0) is 9.53 Å². The summed E-state index contributed by atoms with van der Waals surface area (Å²) < 4.78 is 7.13. The molecule has 1 aromatic carbocycles. The van der Waals surface area contributed by atoms with Gasteiger partial charge in [0.2, 0.25) is 0 Å². The minimum absolute atomic E-state index is 0.0903. The van der Waals surface area contributed by atoms with Gasteiger partial charge < -0.3 is 19.5 Å². The molecule has 3 aromatic rings. The second-order valence-corrected chi connectivity index (χ2v) is 8.53. The van der Waals surface area contributed by atoms with Crippen LogP contribution in [0.15, 0.2) is 54.7 Å². The van der Waals surface area contributed by atoms with Gasteiger partial charge in [-0.3, -0.25) is 9.78 Å². The maximum atomic E-state index is 11.9. The van der Waals surface area contributed by atoms with Crippen molar-refractivity contribution in [2.24, 2.45) is 0 Å². The lowest BCUT2D eigenvalue weighted by Crippen LogP contribution is -2.32. The predicted molar refractivity (Wildman–Crippen MR) is 129 cm³/mol. The summed E-state index contributed by atoms with van der Waals surface area (Å²) in [5.74, 6) is -0.252. The van der Waals surface area contributed by atoms with Gasteiger partial charge in [-0.05, 0) is 68.9 Å². The Labute approximate surface area is 194 Å². The van der Waals surface area contributed by atoms with Gasteiger partial charge in [-0.1, -0.05) is 23.8 Å². The summed E-state index contributed by atoms with van der Waals surface area (Å²) in [6.07, 6.45) is 2.06. The molecule has 1 fully saturated rings. The van der Waals surface area contributed by atoms with Crippen LogP contribution in [0.4, 0.5) is 0 Å². The van der Waals surface area contributed by atoms with Crippen LogP contribution in [0.1, 0.15) is 46.7 Å². The Bertz CT molecular complexity index is 1120. The molecule has 0 amide bonds. The molecular weight excluding hydrogens is 420 g/mol. The Morgan fingerprint density at radius 2 is 1.91 bits per heavy atom. The summed E-state index contributed by atoms with van der Waals surface area (Å²) >= 11 is 5.70. The summed E-state index contributed by atoms with van der Waals surface area (Å²) in [7, 11) is 1.41. The van der Waals surface area contributed by atoms with Crippen molar-refractivity contribution in [2.45, 2.75) is 39.3 Å². The molecule has 0 unspecified atom stereocenters. The molecule has 0 radical (unpaired) electrons. The van der Waals surface area contributed by atoms with Crippen molar-refractivity contribution >= 4 is 23.3 Å². The molecule has 3 heterocycles. The van der Waals surface area contributed by atoms with Crippen LogP contribution in [0.2, 0.25) is 0 Å². The molecule has 7 heteroatoms. The van der Waals surface area contributed by atoms with Crippen molar-refractivity contribution in [2.75, 3.05) is 13.7 Å². The van der Waals surface area contributed by atoms with Crippen LogP contribution in [0, 0.1) is 20.8 Å². The minimum atomic E-state index is -0.252. The second-order valence-electron chi connectivity index (χ2n) is 8.14. The number of pyridine rings is 1. The number of carbonyl (C=O) groups is 1. The van der Waals surface area contributed by atoms with Crippen LogP contribution >= 0.6 is 12.2 Å². The van der Waals surface area contributed by atoms with Crippen molar-refractivity contribution in [3.63, 3.8) is 0 Å². The molecule has 4 rings (SSSR count). The number of hydrogen-bond acceptors (Lipinski definition) is 4. The van der Waals surface area contributed by atoms with Gasteiger partial charge in [0, 0.05) is 29.8 Å². The Morgan fingerprint density at radius 1 is 1.16 bits per heavy atom. The summed E-state index contributed by atoms with van der Waals surface area (Å²) in [5, 5.41) is 4.07. The minimum Gasteiger partial charge on any atom is -0.469 e. The number of carbonyl (C=O) groups excluding carboxylic acids is 1. The number of aromatic nitrogens is 2. The molecule has 1 aliphatic rings. The Morgan fingerprint density at radius 3 is 2.56 bits per heavy atom. The van der Waals surface area contributed by atoms with Gasteiger partial charge in [0.1, 0.15) is 0 Å². The number of thiocarbonyl (C=S) groups is 1. The molecule has 0 bridgehead atoms. The van der Waals surface area contributed by atoms with E-state index in [9.17, 15) is 4.79 Å². The van der Waals surface area contributed by atoms with Crippen molar-refractivity contribution < 1.29 is 9.53 Å². The molecule has 1 saturated heterocycles. The first-order chi connectivity index (χ1) is 15.4. The normalized spacial score (nSPS) is 18.0. The molecule has 6 nitrogen and oxygen atoms in total. The fourth-order valence-electron chi connectivity index (χ4n) is 4.48. The van der Waals surface area contributed by atoms with E-state index in [0.29, 0.717) is 11.7 Å². The van der Waals surface area contributed by atoms with Crippen molar-refractivity contribution in [3.05, 3.63) is 82.9 Å². The number of benzene rings is 1. The maximum Gasteiger partial charge on any atom is 0.307 e. The zero-order valence-electron chi connectivity index (χ0n) is 18.8. The monoisotopic (exact) mass is 448 g/mol. The van der Waals surface area contributed by atoms with E-state index < -0.39 is 0 Å². The van der Waals surface area contributed by atoms with Crippen LogP contribution < -0.4 is 5.32 Å². The third-order valence-corrected chi connectivity index (χ3v) is 6.42. The Balaban J connectivity index is 1.78. The Hall–Kier alpha value is -3.19. The lowest BCUT2D eigenvalue weighted by atomic mass is 9.96. The maximum absolute atomic E-state index is 11.9. The van der Waals surface area contributed by atoms with Gasteiger partial charge in [0.15, 0.2) is 5.11 Å². The fourth-order valence-corrected chi connectivity index (χ4v) is 4.81. The average Bonchev–Trinajstić information content (AvgIpc) is 3.28. The molecule has 1 aliphatic heterocycles. The third kappa shape index (κ3) is 4.12. The predicted octanol–water partition coefficient (Wildman–Crippen LogP) is 4.33. The van der Waals surface area contributed by atoms with E-state index >= 15 is 0 Å². The highest BCUT2D eigenvalue weighted by Crippen LogP contribution is 2.41. The molecule has 1 N–H and O–H groups in total. The highest BCUT2D eigenvalue weighted by atomic mass is 32.1. The highest BCUT2D eigenvalue weighted by Gasteiger charge is 2.41. The van der Waals surface area contributed by atoms with Crippen LogP contribution in [0.3, 0.4) is 0 Å². The SMILES string of the molecule is COC(=O)CCN1C(=S)N[C@H](c2ccccn2)[C@@H]1c1cc(C)n(-c2ccc(C)cc2)c1C. The first-order valence-electron chi connectivity index (χ1n) is 10.7. The first-order valence-corrected chi connectivity index (χ1v) is 11.1. The summed E-state index contributed by atoms with van der Waals surface area (Å²) in [6.45, 7) is 6.82. The van der Waals surface area contributed by atoms with E-state index in [0.717, 1.165) is 28.3 Å². The van der Waals surface area contributed by atoms with Gasteiger partial charge >= 0.3 is 5.97 Å². The van der Waals surface area contributed by atoms with E-state index in [1.165, 1.54) is 12.7 Å². The van der Waals surface area contributed by atoms with Crippen LogP contribution in [0.5, 0.6) is 0 Å². The van der Waals surface area contributed by atoms with E-state index in [4.69, 9.17) is 17.0 Å². The molecule has 0 spiro atoms. The molecule has 0 saturated carbocycles. The topological polar surface area (TPSA) is 59.4 Å². The van der Waals surface area contributed by atoms with Crippen LogP contribution in [0.25, 0.3) is 5.69 Å². The highest BCUT2D eigenvalue weighted by molar-refractivity contribution is 7.80. The van der Waals surface area contributed by atoms with Crippen LogP contribution in [-0.4, -0.2) is 39.2 Å². The molecule has 166 valence electrons. The number of nitrogens with one attached hydrogen (secondary N) is 1. The standard InChI is InChI=1S/C25H28N4O2S/c1-16-8-10-19(11-9-16)29-17(2)15-20(18(29)3)24-23(21-7-5-6-13-26-21)27-25(32)28(24)14-12-22(30)31-4/h5-11,13,15,23-24H,12,14H2,1-4H3,(H,27,32)/t23-,24+/m1/s1. The van der Waals surface area contributed by atoms with E-state index in [1.807, 2.05) is 18.2 Å². The fraction of sp³-hybridized carbons (Fsp3) is 0.320. The van der Waals surface area contributed by atoms with Gasteiger partial charge in [0.25, 0.3) is 0 Å². The van der Waals surface area contributed by atoms with Gasteiger partial charge in [0.05, 0.1) is 31.3 Å². The number of methoxy groups -OCH3 is 1. The van der Waals surface area contributed by atoms with E-state index in [-0.39, 0.29) is 24.5 Å². The molecule has 0 aliphatic carbocycles. The summed E-state index contributed by atoms with van der Waals surface area (Å²) in [6, 6.07) is 16.4. The van der Waals surface area contributed by atoms with Crippen molar-refractivity contribution in [1.29, 1.82) is 0 Å². The number of nitrogens with zero attached hydrogens (tertiary/aromatic N) is 3. The Kier molecular flexibility index (Phi) is 6.28. The van der Waals surface area contributed by atoms with Gasteiger partial charge in [-0.15, -0.1) is 0 Å². The van der Waals surface area contributed by atoms with Gasteiger partial charge in [-0.25, -0.2) is 0 Å². The lowest BCUT2D eigenvalue weighted by Gasteiger charge is -2.28. The quantitative estimate of drug-likeness (QED) is 0.447.